The topological polar surface area (TPSA) is 55.1 Å². The molecule has 0 saturated heterocycles. The third-order valence-electron chi connectivity index (χ3n) is 2.65. The molecule has 4 nitrogen and oxygen atoms in total. The molecule has 0 unspecified atom stereocenters. The highest BCUT2D eigenvalue weighted by molar-refractivity contribution is 6.03. The van der Waals surface area contributed by atoms with Crippen molar-refractivity contribution in [2.24, 2.45) is 0 Å². The third-order valence-corrected chi connectivity index (χ3v) is 2.65. The van der Waals surface area contributed by atoms with Crippen molar-refractivity contribution in [1.29, 1.82) is 0 Å². The van der Waals surface area contributed by atoms with Crippen LogP contribution in [0.25, 0.3) is 0 Å². The molecule has 0 bridgehead atoms. The molecule has 1 amide bonds. The van der Waals surface area contributed by atoms with Crippen molar-refractivity contribution in [3.8, 4) is 0 Å². The van der Waals surface area contributed by atoms with Gasteiger partial charge in [0.05, 0.1) is 0 Å². The molecule has 88 valence electrons. The molecule has 0 spiro atoms. The van der Waals surface area contributed by atoms with E-state index in [1.807, 2.05) is 38.1 Å². The van der Waals surface area contributed by atoms with Gasteiger partial charge in [0.15, 0.2) is 5.69 Å². The molecule has 4 heteroatoms. The van der Waals surface area contributed by atoms with E-state index in [1.165, 1.54) is 0 Å². The summed E-state index contributed by atoms with van der Waals surface area (Å²) in [6.07, 6.45) is 0. The van der Waals surface area contributed by atoms with Gasteiger partial charge in [-0.2, -0.15) is 0 Å². The monoisotopic (exact) mass is 230 g/mol. The van der Waals surface area contributed by atoms with E-state index in [9.17, 15) is 4.79 Å². The highest BCUT2D eigenvalue weighted by Crippen LogP contribution is 2.15. The quantitative estimate of drug-likeness (QED) is 0.863. The summed E-state index contributed by atoms with van der Waals surface area (Å²) < 4.78 is 4.97. The van der Waals surface area contributed by atoms with Gasteiger partial charge in [-0.1, -0.05) is 17.3 Å². The van der Waals surface area contributed by atoms with Crippen molar-refractivity contribution in [3.63, 3.8) is 0 Å². The van der Waals surface area contributed by atoms with Crippen molar-refractivity contribution in [1.82, 2.24) is 5.16 Å². The lowest BCUT2D eigenvalue weighted by atomic mass is 10.2. The van der Waals surface area contributed by atoms with Crippen LogP contribution in [-0.2, 0) is 0 Å². The van der Waals surface area contributed by atoms with Crippen LogP contribution in [0.1, 0.15) is 27.4 Å². The van der Waals surface area contributed by atoms with Crippen molar-refractivity contribution >= 4 is 11.6 Å². The minimum absolute atomic E-state index is 0.245. The molecule has 0 atom stereocenters. The number of aryl methyl sites for hydroxylation is 2. The van der Waals surface area contributed by atoms with Crippen molar-refractivity contribution in [3.05, 3.63) is 46.8 Å². The lowest BCUT2D eigenvalue weighted by Crippen LogP contribution is -2.13. The number of benzene rings is 1. The van der Waals surface area contributed by atoms with Crippen LogP contribution >= 0.6 is 0 Å². The molecule has 1 heterocycles. The van der Waals surface area contributed by atoms with Crippen LogP contribution < -0.4 is 5.32 Å². The summed E-state index contributed by atoms with van der Waals surface area (Å²) in [5, 5.41) is 6.54. The second kappa shape index (κ2) is 4.41. The summed E-state index contributed by atoms with van der Waals surface area (Å²) in [6.45, 7) is 5.57. The molecule has 0 aliphatic carbocycles. The molecule has 0 aliphatic rings. The maximum Gasteiger partial charge on any atom is 0.278 e. The Morgan fingerprint density at radius 2 is 2.06 bits per heavy atom. The van der Waals surface area contributed by atoms with E-state index < -0.39 is 0 Å². The molecule has 2 rings (SSSR count). The van der Waals surface area contributed by atoms with Crippen molar-refractivity contribution in [2.75, 3.05) is 5.32 Å². The highest BCUT2D eigenvalue weighted by Gasteiger charge is 2.16. The van der Waals surface area contributed by atoms with E-state index in [1.54, 1.807) is 6.92 Å². The van der Waals surface area contributed by atoms with Crippen LogP contribution in [0.5, 0.6) is 0 Å². The Balaban J connectivity index is 2.20. The van der Waals surface area contributed by atoms with Crippen molar-refractivity contribution < 1.29 is 9.32 Å². The SMILES string of the molecule is Cc1cccc(NC(=O)c2noc(C)c2C)c1. The van der Waals surface area contributed by atoms with Gasteiger partial charge in [0.25, 0.3) is 5.91 Å². The number of amides is 1. The third kappa shape index (κ3) is 2.36. The van der Waals surface area contributed by atoms with Gasteiger partial charge >= 0.3 is 0 Å². The van der Waals surface area contributed by atoms with E-state index in [0.717, 1.165) is 16.8 Å². The second-order valence-electron chi connectivity index (χ2n) is 4.04. The van der Waals surface area contributed by atoms with Gasteiger partial charge in [-0.15, -0.1) is 0 Å². The zero-order valence-corrected chi connectivity index (χ0v) is 10.1. The van der Waals surface area contributed by atoms with Crippen molar-refractivity contribution in [2.45, 2.75) is 20.8 Å². The fourth-order valence-corrected chi connectivity index (χ4v) is 1.54. The summed E-state index contributed by atoms with van der Waals surface area (Å²) in [5.41, 5.74) is 2.96. The second-order valence-corrected chi connectivity index (χ2v) is 4.04. The molecule has 0 fully saturated rings. The zero-order valence-electron chi connectivity index (χ0n) is 10.1. The predicted octanol–water partition coefficient (Wildman–Crippen LogP) is 2.85. The Morgan fingerprint density at radius 1 is 1.29 bits per heavy atom. The Bertz CT molecular complexity index is 558. The van der Waals surface area contributed by atoms with Gasteiger partial charge in [0.2, 0.25) is 0 Å². The van der Waals surface area contributed by atoms with Gasteiger partial charge in [-0.25, -0.2) is 0 Å². The summed E-state index contributed by atoms with van der Waals surface area (Å²) in [7, 11) is 0. The number of nitrogens with one attached hydrogen (secondary N) is 1. The predicted molar refractivity (Wildman–Crippen MR) is 65.1 cm³/mol. The number of nitrogens with zero attached hydrogens (tertiary/aromatic N) is 1. The van der Waals surface area contributed by atoms with Gasteiger partial charge in [0, 0.05) is 11.3 Å². The molecule has 0 saturated carbocycles. The van der Waals surface area contributed by atoms with E-state index in [2.05, 4.69) is 10.5 Å². The molecule has 1 N–H and O–H groups in total. The number of rotatable bonds is 2. The summed E-state index contributed by atoms with van der Waals surface area (Å²) in [5.74, 6) is 0.421. The fourth-order valence-electron chi connectivity index (χ4n) is 1.54. The van der Waals surface area contributed by atoms with E-state index >= 15 is 0 Å². The first kappa shape index (κ1) is 11.4. The highest BCUT2D eigenvalue weighted by atomic mass is 16.5. The van der Waals surface area contributed by atoms with Gasteiger partial charge in [-0.05, 0) is 38.5 Å². The first-order chi connectivity index (χ1) is 8.08. The number of aromatic nitrogens is 1. The molecule has 0 aliphatic heterocycles. The average molecular weight is 230 g/mol. The van der Waals surface area contributed by atoms with E-state index in [4.69, 9.17) is 4.52 Å². The Kier molecular flexibility index (Phi) is 2.95. The lowest BCUT2D eigenvalue weighted by Gasteiger charge is -2.04. The molecular weight excluding hydrogens is 216 g/mol. The van der Waals surface area contributed by atoms with Gasteiger partial charge in [-0.3, -0.25) is 4.79 Å². The van der Waals surface area contributed by atoms with Crippen LogP contribution in [0.2, 0.25) is 0 Å². The molecule has 0 radical (unpaired) electrons. The average Bonchev–Trinajstić information content (AvgIpc) is 2.60. The van der Waals surface area contributed by atoms with E-state index in [0.29, 0.717) is 11.5 Å². The maximum atomic E-state index is 11.9. The maximum absolute atomic E-state index is 11.9. The minimum atomic E-state index is -0.245. The first-order valence-corrected chi connectivity index (χ1v) is 5.39. The summed E-state index contributed by atoms with van der Waals surface area (Å²) in [4.78, 5) is 11.9. The minimum Gasteiger partial charge on any atom is -0.361 e. The molecular formula is C13H14N2O2. The number of anilines is 1. The Labute approximate surface area is 99.6 Å². The largest absolute Gasteiger partial charge is 0.361 e. The molecule has 17 heavy (non-hydrogen) atoms. The summed E-state index contributed by atoms with van der Waals surface area (Å²) >= 11 is 0. The van der Waals surface area contributed by atoms with Crippen LogP contribution in [0.3, 0.4) is 0 Å². The van der Waals surface area contributed by atoms with Crippen LogP contribution in [0.4, 0.5) is 5.69 Å². The molecule has 2 aromatic rings. The number of carbonyl (C=O) groups is 1. The number of hydrogen-bond donors (Lipinski definition) is 1. The number of carbonyl (C=O) groups excluding carboxylic acids is 1. The summed E-state index contributed by atoms with van der Waals surface area (Å²) in [6, 6.07) is 7.61. The van der Waals surface area contributed by atoms with E-state index in [-0.39, 0.29) is 5.91 Å². The molecule has 1 aromatic carbocycles. The van der Waals surface area contributed by atoms with Crippen LogP contribution in [-0.4, -0.2) is 11.1 Å². The Morgan fingerprint density at radius 3 is 2.65 bits per heavy atom. The van der Waals surface area contributed by atoms with Crippen LogP contribution in [0.15, 0.2) is 28.8 Å². The normalized spacial score (nSPS) is 10.3. The smallest absolute Gasteiger partial charge is 0.278 e. The first-order valence-electron chi connectivity index (χ1n) is 5.39. The standard InChI is InChI=1S/C13H14N2O2/c1-8-5-4-6-11(7-8)14-13(16)12-9(2)10(3)17-15-12/h4-7H,1-3H3,(H,14,16). The molecule has 1 aromatic heterocycles. The fraction of sp³-hybridized carbons (Fsp3) is 0.231. The van der Waals surface area contributed by atoms with Crippen LogP contribution in [0, 0.1) is 20.8 Å². The number of hydrogen-bond acceptors (Lipinski definition) is 3. The zero-order chi connectivity index (χ0) is 12.4. The van der Waals surface area contributed by atoms with Gasteiger partial charge in [0.1, 0.15) is 5.76 Å². The lowest BCUT2D eigenvalue weighted by molar-refractivity contribution is 0.101. The van der Waals surface area contributed by atoms with Gasteiger partial charge < -0.3 is 9.84 Å². The Hall–Kier alpha value is -2.10.